The van der Waals surface area contributed by atoms with Crippen LogP contribution in [-0.4, -0.2) is 16.0 Å². The van der Waals surface area contributed by atoms with E-state index < -0.39 is 0 Å². The Morgan fingerprint density at radius 3 is 2.79 bits per heavy atom. The zero-order chi connectivity index (χ0) is 16.4. The first-order valence-corrected chi connectivity index (χ1v) is 8.68. The number of benzene rings is 1. The van der Waals surface area contributed by atoms with Crippen molar-refractivity contribution in [3.8, 4) is 0 Å². The van der Waals surface area contributed by atoms with Gasteiger partial charge in [0.25, 0.3) is 5.91 Å². The molecule has 1 fully saturated rings. The monoisotopic (exact) mass is 340 g/mol. The Kier molecular flexibility index (Phi) is 4.00. The van der Waals surface area contributed by atoms with E-state index in [9.17, 15) is 4.79 Å². The van der Waals surface area contributed by atoms with E-state index in [4.69, 9.17) is 4.52 Å². The van der Waals surface area contributed by atoms with Crippen LogP contribution in [0, 0.1) is 0 Å². The second-order valence-corrected chi connectivity index (χ2v) is 6.60. The van der Waals surface area contributed by atoms with Gasteiger partial charge < -0.3 is 15.2 Å². The molecule has 3 aromatic rings. The lowest BCUT2D eigenvalue weighted by Gasteiger charge is -2.11. The predicted octanol–water partition coefficient (Wildman–Crippen LogP) is 3.87. The number of carbonyl (C=O) groups is 1. The highest BCUT2D eigenvalue weighted by molar-refractivity contribution is 7.12. The summed E-state index contributed by atoms with van der Waals surface area (Å²) in [6, 6.07) is 11.2. The molecule has 2 aromatic heterocycles. The predicted molar refractivity (Wildman–Crippen MR) is 92.3 cm³/mol. The number of para-hydroxylation sites is 2. The highest BCUT2D eigenvalue weighted by Gasteiger charge is 2.29. The smallest absolute Gasteiger partial charge is 0.265 e. The molecule has 4 rings (SSSR count). The normalized spacial score (nSPS) is 13.7. The molecule has 0 bridgehead atoms. The molecular weight excluding hydrogens is 324 g/mol. The molecule has 6 nitrogen and oxygen atoms in total. The molecule has 24 heavy (non-hydrogen) atoms. The van der Waals surface area contributed by atoms with Crippen LogP contribution in [0.1, 0.15) is 40.1 Å². The molecule has 1 saturated carbocycles. The Hall–Kier alpha value is -2.67. The molecule has 1 aromatic carbocycles. The van der Waals surface area contributed by atoms with Crippen LogP contribution in [0.15, 0.2) is 46.3 Å². The maximum absolute atomic E-state index is 12.2. The number of thiophene rings is 1. The van der Waals surface area contributed by atoms with E-state index in [0.29, 0.717) is 23.2 Å². The van der Waals surface area contributed by atoms with Gasteiger partial charge in [0.2, 0.25) is 5.89 Å². The van der Waals surface area contributed by atoms with Crippen LogP contribution >= 0.6 is 11.3 Å². The third kappa shape index (κ3) is 3.30. The summed E-state index contributed by atoms with van der Waals surface area (Å²) >= 11 is 1.41. The highest BCUT2D eigenvalue weighted by atomic mass is 32.1. The van der Waals surface area contributed by atoms with E-state index in [-0.39, 0.29) is 5.91 Å². The molecule has 0 unspecified atom stereocenters. The zero-order valence-electron chi connectivity index (χ0n) is 12.9. The maximum atomic E-state index is 12.2. The second-order valence-electron chi connectivity index (χ2n) is 5.65. The van der Waals surface area contributed by atoms with Gasteiger partial charge in [-0.2, -0.15) is 4.98 Å². The van der Waals surface area contributed by atoms with Crippen molar-refractivity contribution in [3.05, 3.63) is 58.4 Å². The van der Waals surface area contributed by atoms with Crippen LogP contribution in [0.25, 0.3) is 0 Å². The van der Waals surface area contributed by atoms with Gasteiger partial charge in [-0.15, -0.1) is 11.3 Å². The minimum absolute atomic E-state index is 0.116. The van der Waals surface area contributed by atoms with Crippen LogP contribution in [0.3, 0.4) is 0 Å². The molecular formula is C17H16N4O2S. The fourth-order valence-electron chi connectivity index (χ4n) is 2.35. The Bertz CT molecular complexity index is 840. The van der Waals surface area contributed by atoms with E-state index in [1.807, 2.05) is 35.7 Å². The molecule has 0 spiro atoms. The molecule has 1 amide bonds. The van der Waals surface area contributed by atoms with Crippen molar-refractivity contribution in [2.24, 2.45) is 0 Å². The SMILES string of the molecule is O=C(Nc1ccccc1NCc1noc(C2CC2)n1)c1cccs1. The van der Waals surface area contributed by atoms with Gasteiger partial charge in [-0.05, 0) is 36.4 Å². The molecule has 1 aliphatic rings. The third-order valence-electron chi connectivity index (χ3n) is 3.77. The first-order chi connectivity index (χ1) is 11.8. The minimum Gasteiger partial charge on any atom is -0.376 e. The van der Waals surface area contributed by atoms with Crippen molar-refractivity contribution < 1.29 is 9.32 Å². The molecule has 0 aliphatic heterocycles. The quantitative estimate of drug-likeness (QED) is 0.712. The van der Waals surface area contributed by atoms with E-state index in [1.54, 1.807) is 6.07 Å². The molecule has 2 N–H and O–H groups in total. The van der Waals surface area contributed by atoms with Crippen molar-refractivity contribution >= 4 is 28.6 Å². The first kappa shape index (κ1) is 14.9. The molecule has 7 heteroatoms. The van der Waals surface area contributed by atoms with Gasteiger partial charge in [-0.1, -0.05) is 23.4 Å². The maximum Gasteiger partial charge on any atom is 0.265 e. The van der Waals surface area contributed by atoms with Gasteiger partial charge >= 0.3 is 0 Å². The number of nitrogens with zero attached hydrogens (tertiary/aromatic N) is 2. The lowest BCUT2D eigenvalue weighted by molar-refractivity contribution is 0.103. The summed E-state index contributed by atoms with van der Waals surface area (Å²) in [5.41, 5.74) is 1.54. The summed E-state index contributed by atoms with van der Waals surface area (Å²) in [6.07, 6.45) is 2.26. The average molecular weight is 340 g/mol. The summed E-state index contributed by atoms with van der Waals surface area (Å²) in [7, 11) is 0. The topological polar surface area (TPSA) is 80.0 Å². The number of amides is 1. The number of anilines is 2. The van der Waals surface area contributed by atoms with Crippen LogP contribution in [-0.2, 0) is 6.54 Å². The molecule has 2 heterocycles. The molecule has 0 atom stereocenters. The molecule has 1 aliphatic carbocycles. The van der Waals surface area contributed by atoms with Crippen LogP contribution in [0.4, 0.5) is 11.4 Å². The summed E-state index contributed by atoms with van der Waals surface area (Å²) in [6.45, 7) is 0.447. The fourth-order valence-corrected chi connectivity index (χ4v) is 2.97. The van der Waals surface area contributed by atoms with E-state index in [2.05, 4.69) is 20.8 Å². The van der Waals surface area contributed by atoms with Crippen LogP contribution in [0.5, 0.6) is 0 Å². The van der Waals surface area contributed by atoms with E-state index in [0.717, 1.165) is 30.1 Å². The average Bonchev–Trinajstić information content (AvgIpc) is 3.12. The highest BCUT2D eigenvalue weighted by Crippen LogP contribution is 2.38. The Morgan fingerprint density at radius 2 is 2.04 bits per heavy atom. The van der Waals surface area contributed by atoms with E-state index in [1.165, 1.54) is 11.3 Å². The largest absolute Gasteiger partial charge is 0.376 e. The number of hydrogen-bond acceptors (Lipinski definition) is 6. The summed E-state index contributed by atoms with van der Waals surface area (Å²) in [4.78, 5) is 17.3. The third-order valence-corrected chi connectivity index (χ3v) is 4.64. The standard InChI is InChI=1S/C17H16N4O2S/c22-16(14-6-3-9-24-14)19-13-5-2-1-4-12(13)18-10-15-20-17(23-21-15)11-7-8-11/h1-6,9,11,18H,7-8,10H2,(H,19,22). The molecule has 0 saturated heterocycles. The number of aromatic nitrogens is 2. The number of nitrogens with one attached hydrogen (secondary N) is 2. The van der Waals surface area contributed by atoms with Gasteiger partial charge in [0.15, 0.2) is 5.82 Å². The van der Waals surface area contributed by atoms with Gasteiger partial charge in [0.1, 0.15) is 0 Å². The molecule has 0 radical (unpaired) electrons. The van der Waals surface area contributed by atoms with Crippen LogP contribution < -0.4 is 10.6 Å². The summed E-state index contributed by atoms with van der Waals surface area (Å²) in [5.74, 6) is 1.68. The van der Waals surface area contributed by atoms with Gasteiger partial charge in [0.05, 0.1) is 22.8 Å². The van der Waals surface area contributed by atoms with Gasteiger partial charge in [-0.25, -0.2) is 0 Å². The lowest BCUT2D eigenvalue weighted by Crippen LogP contribution is -2.12. The van der Waals surface area contributed by atoms with E-state index >= 15 is 0 Å². The number of hydrogen-bond donors (Lipinski definition) is 2. The van der Waals surface area contributed by atoms with Crippen molar-refractivity contribution in [3.63, 3.8) is 0 Å². The van der Waals surface area contributed by atoms with Crippen molar-refractivity contribution in [1.82, 2.24) is 10.1 Å². The Morgan fingerprint density at radius 1 is 1.21 bits per heavy atom. The second kappa shape index (κ2) is 6.45. The lowest BCUT2D eigenvalue weighted by atomic mass is 10.2. The summed E-state index contributed by atoms with van der Waals surface area (Å²) < 4.78 is 5.25. The van der Waals surface area contributed by atoms with Crippen molar-refractivity contribution in [2.75, 3.05) is 10.6 Å². The summed E-state index contributed by atoms with van der Waals surface area (Å²) in [5, 5.41) is 12.1. The fraction of sp³-hybridized carbons (Fsp3) is 0.235. The number of rotatable bonds is 6. The Balaban J connectivity index is 1.43. The zero-order valence-corrected chi connectivity index (χ0v) is 13.7. The first-order valence-electron chi connectivity index (χ1n) is 7.80. The van der Waals surface area contributed by atoms with Crippen LogP contribution in [0.2, 0.25) is 0 Å². The van der Waals surface area contributed by atoms with Crippen molar-refractivity contribution in [1.29, 1.82) is 0 Å². The Labute approximate surface area is 142 Å². The van der Waals surface area contributed by atoms with Gasteiger partial charge in [0, 0.05) is 5.92 Å². The van der Waals surface area contributed by atoms with Gasteiger partial charge in [-0.3, -0.25) is 4.79 Å². The minimum atomic E-state index is -0.116. The number of carbonyl (C=O) groups excluding carboxylic acids is 1. The molecule has 122 valence electrons. The van der Waals surface area contributed by atoms with Crippen molar-refractivity contribution in [2.45, 2.75) is 25.3 Å².